The molecule has 0 aliphatic carbocycles. The third kappa shape index (κ3) is 2.85. The van der Waals surface area contributed by atoms with Crippen LogP contribution in [0.15, 0.2) is 12.1 Å². The Bertz CT molecular complexity index is 740. The number of pyridine rings is 1. The van der Waals surface area contributed by atoms with Crippen LogP contribution in [0.5, 0.6) is 0 Å². The molecule has 1 N–H and O–H groups in total. The molecule has 0 amide bonds. The lowest BCUT2D eigenvalue weighted by Crippen LogP contribution is -2.20. The second-order valence-corrected chi connectivity index (χ2v) is 5.30. The van der Waals surface area contributed by atoms with Gasteiger partial charge in [0, 0.05) is 18.8 Å². The zero-order valence-electron chi connectivity index (χ0n) is 12.1. The molecular formula is C15H11F6N3. The van der Waals surface area contributed by atoms with Gasteiger partial charge < -0.3 is 10.2 Å². The zero-order valence-corrected chi connectivity index (χ0v) is 12.1. The molecule has 0 atom stereocenters. The Morgan fingerprint density at radius 1 is 0.833 bits per heavy atom. The molecule has 0 bridgehead atoms. The molecule has 3 rings (SSSR count). The van der Waals surface area contributed by atoms with E-state index in [1.807, 2.05) is 5.32 Å². The van der Waals surface area contributed by atoms with E-state index in [1.165, 1.54) is 4.90 Å². The summed E-state index contributed by atoms with van der Waals surface area (Å²) >= 11 is 0. The van der Waals surface area contributed by atoms with E-state index >= 15 is 0 Å². The smallest absolute Gasteiger partial charge is 0.253 e. The van der Waals surface area contributed by atoms with Crippen LogP contribution in [-0.4, -0.2) is 18.1 Å². The van der Waals surface area contributed by atoms with Crippen LogP contribution in [0.1, 0.15) is 12.8 Å². The minimum Gasteiger partial charge on any atom is -0.367 e. The summed E-state index contributed by atoms with van der Waals surface area (Å²) in [4.78, 5) is 3.91. The Hall–Kier alpha value is -2.45. The fourth-order valence-electron chi connectivity index (χ4n) is 2.62. The van der Waals surface area contributed by atoms with Gasteiger partial charge in [0.25, 0.3) is 11.9 Å². The SMILES string of the molecule is Fc1cc(Nc2c(F)c(F)nc(F)c2F)cc(F)c1N1CCCC1. The second-order valence-electron chi connectivity index (χ2n) is 5.30. The predicted molar refractivity (Wildman–Crippen MR) is 75.2 cm³/mol. The van der Waals surface area contributed by atoms with Crippen LogP contribution in [0.2, 0.25) is 0 Å². The number of anilines is 3. The van der Waals surface area contributed by atoms with Gasteiger partial charge in [-0.1, -0.05) is 0 Å². The van der Waals surface area contributed by atoms with Crippen LogP contribution in [0.25, 0.3) is 0 Å². The molecule has 128 valence electrons. The third-order valence-electron chi connectivity index (χ3n) is 3.71. The van der Waals surface area contributed by atoms with E-state index < -0.39 is 46.5 Å². The van der Waals surface area contributed by atoms with Crippen LogP contribution in [0.3, 0.4) is 0 Å². The van der Waals surface area contributed by atoms with Crippen molar-refractivity contribution in [2.75, 3.05) is 23.3 Å². The van der Waals surface area contributed by atoms with Crippen molar-refractivity contribution in [3.05, 3.63) is 47.3 Å². The fourth-order valence-corrected chi connectivity index (χ4v) is 2.62. The highest BCUT2D eigenvalue weighted by Crippen LogP contribution is 2.32. The van der Waals surface area contributed by atoms with E-state index in [2.05, 4.69) is 4.98 Å². The lowest BCUT2D eigenvalue weighted by molar-refractivity contribution is 0.411. The van der Waals surface area contributed by atoms with E-state index in [4.69, 9.17) is 0 Å². The Labute approximate surface area is 132 Å². The zero-order chi connectivity index (χ0) is 17.4. The van der Waals surface area contributed by atoms with Gasteiger partial charge in [0.15, 0.2) is 11.6 Å². The molecule has 0 unspecified atom stereocenters. The molecule has 3 nitrogen and oxygen atoms in total. The van der Waals surface area contributed by atoms with Crippen molar-refractivity contribution in [3.63, 3.8) is 0 Å². The predicted octanol–water partition coefficient (Wildman–Crippen LogP) is 4.26. The van der Waals surface area contributed by atoms with Gasteiger partial charge in [-0.3, -0.25) is 0 Å². The average molecular weight is 347 g/mol. The maximum atomic E-state index is 14.2. The molecule has 2 aromatic rings. The van der Waals surface area contributed by atoms with Gasteiger partial charge in [0.2, 0.25) is 11.6 Å². The van der Waals surface area contributed by atoms with E-state index in [0.717, 1.165) is 25.0 Å². The molecule has 1 aromatic heterocycles. The summed E-state index contributed by atoms with van der Waals surface area (Å²) in [7, 11) is 0. The van der Waals surface area contributed by atoms with Crippen LogP contribution < -0.4 is 10.2 Å². The number of benzene rings is 1. The molecule has 9 heteroatoms. The van der Waals surface area contributed by atoms with Gasteiger partial charge in [-0.2, -0.15) is 22.5 Å². The number of hydrogen-bond donors (Lipinski definition) is 1. The molecule has 1 saturated heterocycles. The van der Waals surface area contributed by atoms with Gasteiger partial charge in [-0.25, -0.2) is 8.78 Å². The van der Waals surface area contributed by atoms with Gasteiger partial charge in [0.05, 0.1) is 0 Å². The quantitative estimate of drug-likeness (QED) is 0.664. The Kier molecular flexibility index (Phi) is 4.25. The maximum absolute atomic E-state index is 14.2. The maximum Gasteiger partial charge on any atom is 0.253 e. The molecule has 1 aliphatic rings. The van der Waals surface area contributed by atoms with Crippen molar-refractivity contribution >= 4 is 17.1 Å². The van der Waals surface area contributed by atoms with Crippen LogP contribution in [0, 0.1) is 35.2 Å². The Morgan fingerprint density at radius 2 is 1.33 bits per heavy atom. The summed E-state index contributed by atoms with van der Waals surface area (Å²) < 4.78 is 81.5. The summed E-state index contributed by atoms with van der Waals surface area (Å²) in [5.41, 5.74) is -1.85. The largest absolute Gasteiger partial charge is 0.367 e. The van der Waals surface area contributed by atoms with E-state index in [0.29, 0.717) is 13.1 Å². The third-order valence-corrected chi connectivity index (χ3v) is 3.71. The number of nitrogens with zero attached hydrogens (tertiary/aromatic N) is 2. The van der Waals surface area contributed by atoms with Gasteiger partial charge in [0.1, 0.15) is 11.4 Å². The fraction of sp³-hybridized carbons (Fsp3) is 0.267. The standard InChI is InChI=1S/C15H11F6N3/c16-8-5-7(6-9(17)13(8)24-3-1-2-4-24)22-12-10(18)14(20)23-15(21)11(12)19/h5-6H,1-4H2,(H,22,23). The lowest BCUT2D eigenvalue weighted by atomic mass is 10.2. The minimum atomic E-state index is -1.87. The summed E-state index contributed by atoms with van der Waals surface area (Å²) in [6.07, 6.45) is 1.59. The molecule has 0 spiro atoms. The number of rotatable bonds is 3. The first-order chi connectivity index (χ1) is 11.4. The first kappa shape index (κ1) is 16.4. The van der Waals surface area contributed by atoms with Crippen LogP contribution in [0.4, 0.5) is 43.4 Å². The first-order valence-electron chi connectivity index (χ1n) is 7.09. The molecule has 24 heavy (non-hydrogen) atoms. The van der Waals surface area contributed by atoms with Crippen molar-refractivity contribution in [1.29, 1.82) is 0 Å². The highest BCUT2D eigenvalue weighted by molar-refractivity contribution is 5.65. The van der Waals surface area contributed by atoms with Crippen molar-refractivity contribution in [3.8, 4) is 0 Å². The Balaban J connectivity index is 1.97. The molecule has 1 aromatic carbocycles. The van der Waals surface area contributed by atoms with Gasteiger partial charge >= 0.3 is 0 Å². The van der Waals surface area contributed by atoms with E-state index in [1.54, 1.807) is 0 Å². The topological polar surface area (TPSA) is 28.2 Å². The molecule has 0 radical (unpaired) electrons. The molecular weight excluding hydrogens is 336 g/mol. The highest BCUT2D eigenvalue weighted by Gasteiger charge is 2.24. The summed E-state index contributed by atoms with van der Waals surface area (Å²) in [5.74, 6) is -9.22. The minimum absolute atomic E-state index is 0.244. The van der Waals surface area contributed by atoms with Gasteiger partial charge in [-0.15, -0.1) is 0 Å². The van der Waals surface area contributed by atoms with E-state index in [-0.39, 0.29) is 5.69 Å². The number of aromatic nitrogens is 1. The van der Waals surface area contributed by atoms with Gasteiger partial charge in [-0.05, 0) is 25.0 Å². The monoisotopic (exact) mass is 347 g/mol. The summed E-state index contributed by atoms with van der Waals surface area (Å²) in [5, 5.41) is 1.95. The number of halogens is 6. The summed E-state index contributed by atoms with van der Waals surface area (Å²) in [6.45, 7) is 0.981. The first-order valence-corrected chi connectivity index (χ1v) is 7.09. The highest BCUT2D eigenvalue weighted by atomic mass is 19.2. The lowest BCUT2D eigenvalue weighted by Gasteiger charge is -2.20. The van der Waals surface area contributed by atoms with Crippen molar-refractivity contribution in [2.24, 2.45) is 0 Å². The number of hydrogen-bond acceptors (Lipinski definition) is 3. The summed E-state index contributed by atoms with van der Waals surface area (Å²) in [6, 6.07) is 1.59. The molecule has 1 aliphatic heterocycles. The molecule has 2 heterocycles. The average Bonchev–Trinajstić information content (AvgIpc) is 3.03. The van der Waals surface area contributed by atoms with Crippen molar-refractivity contribution in [1.82, 2.24) is 4.98 Å². The normalized spacial score (nSPS) is 14.3. The van der Waals surface area contributed by atoms with Crippen molar-refractivity contribution < 1.29 is 26.3 Å². The Morgan fingerprint density at radius 3 is 1.83 bits per heavy atom. The number of nitrogens with one attached hydrogen (secondary N) is 1. The second kappa shape index (κ2) is 6.21. The van der Waals surface area contributed by atoms with Crippen LogP contribution >= 0.6 is 0 Å². The van der Waals surface area contributed by atoms with Crippen LogP contribution in [-0.2, 0) is 0 Å². The van der Waals surface area contributed by atoms with E-state index in [9.17, 15) is 26.3 Å². The molecule has 1 fully saturated rings. The van der Waals surface area contributed by atoms with Crippen molar-refractivity contribution in [2.45, 2.75) is 12.8 Å². The molecule has 0 saturated carbocycles.